The normalized spacial score (nSPS) is 22.1. The predicted octanol–water partition coefficient (Wildman–Crippen LogP) is 4.31. The first-order chi connectivity index (χ1) is 15.0. The third kappa shape index (κ3) is 5.07. The summed E-state index contributed by atoms with van der Waals surface area (Å²) in [6.45, 7) is 0.221. The van der Waals surface area contributed by atoms with Crippen LogP contribution in [0.5, 0.6) is 0 Å². The molecule has 2 aliphatic rings. The first kappa shape index (κ1) is 21.4. The zero-order valence-electron chi connectivity index (χ0n) is 17.0. The second-order valence-electron chi connectivity index (χ2n) is 7.87. The van der Waals surface area contributed by atoms with Crippen molar-refractivity contribution in [1.29, 1.82) is 0 Å². The van der Waals surface area contributed by atoms with E-state index in [1.165, 1.54) is 12.1 Å². The molecule has 31 heavy (non-hydrogen) atoms. The highest BCUT2D eigenvalue weighted by atomic mass is 35.5. The number of carbonyl (C=O) groups is 2. The van der Waals surface area contributed by atoms with E-state index in [0.29, 0.717) is 10.6 Å². The number of morpholine rings is 1. The number of hydrogen-bond donors (Lipinski definition) is 1. The van der Waals surface area contributed by atoms with Crippen LogP contribution in [0, 0.1) is 5.82 Å². The van der Waals surface area contributed by atoms with Gasteiger partial charge < -0.3 is 15.0 Å². The molecule has 1 aliphatic carbocycles. The number of fused-ring (bicyclic) bond motifs is 1. The highest BCUT2D eigenvalue weighted by molar-refractivity contribution is 6.32. The lowest BCUT2D eigenvalue weighted by Gasteiger charge is -2.44. The molecular formula is C24H24ClFN2O3. The second-order valence-corrected chi connectivity index (χ2v) is 8.28. The number of ether oxygens (including phenoxy) is 1. The standard InChI is InChI=1S/C24H24ClFN2O3/c25-19-6-2-1-5-17(19)13-22-24(30)28(20-7-3-4-8-21(20)31-22)15-23(29)27-14-16-9-11-18(26)12-10-16/h1-2,5-6,9-13,20-21H,3-4,7-8,14-15H2,(H,27,29)/b22-13+. The Kier molecular flexibility index (Phi) is 6.56. The first-order valence-corrected chi connectivity index (χ1v) is 10.8. The number of halogens is 2. The Hall–Kier alpha value is -2.86. The largest absolute Gasteiger partial charge is 0.482 e. The fraction of sp³-hybridized carbons (Fsp3) is 0.333. The number of nitrogens with zero attached hydrogens (tertiary/aromatic N) is 1. The van der Waals surface area contributed by atoms with Crippen LogP contribution in [0.15, 0.2) is 54.3 Å². The summed E-state index contributed by atoms with van der Waals surface area (Å²) in [5.74, 6) is -0.682. The van der Waals surface area contributed by atoms with E-state index in [2.05, 4.69) is 5.32 Å². The molecule has 2 aromatic carbocycles. The summed E-state index contributed by atoms with van der Waals surface area (Å²) in [4.78, 5) is 27.5. The van der Waals surface area contributed by atoms with E-state index in [-0.39, 0.29) is 48.6 Å². The highest BCUT2D eigenvalue weighted by Crippen LogP contribution is 2.33. The van der Waals surface area contributed by atoms with Crippen molar-refractivity contribution < 1.29 is 18.7 Å². The maximum Gasteiger partial charge on any atom is 0.289 e. The van der Waals surface area contributed by atoms with Gasteiger partial charge in [0.1, 0.15) is 18.5 Å². The number of hydrogen-bond acceptors (Lipinski definition) is 3. The maximum atomic E-state index is 13.2. The van der Waals surface area contributed by atoms with Crippen LogP contribution in [0.3, 0.4) is 0 Å². The Morgan fingerprint density at radius 3 is 2.68 bits per heavy atom. The Bertz CT molecular complexity index is 993. The van der Waals surface area contributed by atoms with Gasteiger partial charge in [-0.15, -0.1) is 0 Å². The highest BCUT2D eigenvalue weighted by Gasteiger charge is 2.42. The van der Waals surface area contributed by atoms with Gasteiger partial charge in [-0.2, -0.15) is 0 Å². The van der Waals surface area contributed by atoms with Crippen molar-refractivity contribution in [2.45, 2.75) is 44.4 Å². The third-order valence-electron chi connectivity index (χ3n) is 5.73. The Morgan fingerprint density at radius 1 is 1.16 bits per heavy atom. The molecule has 2 amide bonds. The lowest BCUT2D eigenvalue weighted by molar-refractivity contribution is -0.151. The number of amides is 2. The van der Waals surface area contributed by atoms with E-state index in [1.54, 1.807) is 29.2 Å². The van der Waals surface area contributed by atoms with Gasteiger partial charge >= 0.3 is 0 Å². The lowest BCUT2D eigenvalue weighted by Crippen LogP contribution is -2.57. The van der Waals surface area contributed by atoms with Crippen LogP contribution < -0.4 is 5.32 Å². The number of carbonyl (C=O) groups excluding carboxylic acids is 2. The minimum Gasteiger partial charge on any atom is -0.482 e. The molecule has 0 spiro atoms. The van der Waals surface area contributed by atoms with Gasteiger partial charge in [-0.25, -0.2) is 4.39 Å². The topological polar surface area (TPSA) is 58.6 Å². The van der Waals surface area contributed by atoms with Gasteiger partial charge in [0.05, 0.1) is 6.04 Å². The van der Waals surface area contributed by atoms with Gasteiger partial charge in [0.25, 0.3) is 5.91 Å². The quantitative estimate of drug-likeness (QED) is 0.702. The molecule has 7 heteroatoms. The van der Waals surface area contributed by atoms with Crippen molar-refractivity contribution in [3.05, 3.63) is 76.3 Å². The van der Waals surface area contributed by atoms with Crippen molar-refractivity contribution in [2.75, 3.05) is 6.54 Å². The summed E-state index contributed by atoms with van der Waals surface area (Å²) < 4.78 is 19.1. The molecule has 1 aliphatic heterocycles. The van der Waals surface area contributed by atoms with E-state index in [4.69, 9.17) is 16.3 Å². The van der Waals surface area contributed by atoms with Crippen molar-refractivity contribution in [1.82, 2.24) is 10.2 Å². The number of nitrogens with one attached hydrogen (secondary N) is 1. The maximum absolute atomic E-state index is 13.2. The second kappa shape index (κ2) is 9.52. The van der Waals surface area contributed by atoms with Crippen LogP contribution >= 0.6 is 11.6 Å². The summed E-state index contributed by atoms with van der Waals surface area (Å²) in [6.07, 6.45) is 5.19. The predicted molar refractivity (Wildman–Crippen MR) is 117 cm³/mol. The molecule has 2 atom stereocenters. The summed E-state index contributed by atoms with van der Waals surface area (Å²) in [6, 6.07) is 13.1. The zero-order valence-corrected chi connectivity index (χ0v) is 17.8. The van der Waals surface area contributed by atoms with Gasteiger partial charge in [-0.3, -0.25) is 9.59 Å². The number of benzene rings is 2. The van der Waals surface area contributed by atoms with Gasteiger partial charge in [0.2, 0.25) is 5.91 Å². The average Bonchev–Trinajstić information content (AvgIpc) is 2.77. The molecule has 1 heterocycles. The molecule has 0 radical (unpaired) electrons. The molecule has 1 saturated heterocycles. The molecular weight excluding hydrogens is 419 g/mol. The molecule has 0 aromatic heterocycles. The molecule has 1 saturated carbocycles. The summed E-state index contributed by atoms with van der Waals surface area (Å²) in [5.41, 5.74) is 1.49. The Morgan fingerprint density at radius 2 is 1.90 bits per heavy atom. The Labute approximate surface area is 185 Å². The Balaban J connectivity index is 1.49. The van der Waals surface area contributed by atoms with E-state index in [0.717, 1.165) is 31.2 Å². The molecule has 2 aromatic rings. The molecule has 162 valence electrons. The van der Waals surface area contributed by atoms with E-state index in [1.807, 2.05) is 18.2 Å². The zero-order chi connectivity index (χ0) is 21.8. The average molecular weight is 443 g/mol. The van der Waals surface area contributed by atoms with Crippen LogP contribution in [0.1, 0.15) is 36.8 Å². The smallest absolute Gasteiger partial charge is 0.289 e. The SMILES string of the molecule is O=C(CN1C(=O)/C(=C\c2ccccc2Cl)OC2CCCCC21)NCc1ccc(F)cc1. The molecule has 4 rings (SSSR count). The molecule has 2 unspecified atom stereocenters. The minimum absolute atomic E-state index is 0.0512. The molecule has 2 fully saturated rings. The van der Waals surface area contributed by atoms with E-state index < -0.39 is 0 Å². The minimum atomic E-state index is -0.324. The van der Waals surface area contributed by atoms with Crippen molar-refractivity contribution >= 4 is 29.5 Å². The molecule has 0 bridgehead atoms. The van der Waals surface area contributed by atoms with Crippen LogP contribution in [0.4, 0.5) is 4.39 Å². The first-order valence-electron chi connectivity index (χ1n) is 10.5. The van der Waals surface area contributed by atoms with Gasteiger partial charge in [-0.05, 0) is 54.7 Å². The van der Waals surface area contributed by atoms with Crippen LogP contribution in [0.25, 0.3) is 6.08 Å². The summed E-state index contributed by atoms with van der Waals surface area (Å²) >= 11 is 6.25. The monoisotopic (exact) mass is 442 g/mol. The summed E-state index contributed by atoms with van der Waals surface area (Å²) in [7, 11) is 0. The van der Waals surface area contributed by atoms with Gasteiger partial charge in [-0.1, -0.05) is 48.4 Å². The van der Waals surface area contributed by atoms with E-state index in [9.17, 15) is 14.0 Å². The third-order valence-corrected chi connectivity index (χ3v) is 6.07. The van der Waals surface area contributed by atoms with Crippen molar-refractivity contribution in [2.24, 2.45) is 0 Å². The fourth-order valence-corrected chi connectivity index (χ4v) is 4.30. The van der Waals surface area contributed by atoms with Gasteiger partial charge in [0, 0.05) is 11.6 Å². The van der Waals surface area contributed by atoms with E-state index >= 15 is 0 Å². The van der Waals surface area contributed by atoms with Crippen LogP contribution in [-0.4, -0.2) is 35.4 Å². The van der Waals surface area contributed by atoms with Crippen LogP contribution in [0.2, 0.25) is 5.02 Å². The van der Waals surface area contributed by atoms with Gasteiger partial charge in [0.15, 0.2) is 5.76 Å². The summed E-state index contributed by atoms with van der Waals surface area (Å²) in [5, 5.41) is 3.35. The van der Waals surface area contributed by atoms with Crippen molar-refractivity contribution in [3.8, 4) is 0 Å². The lowest BCUT2D eigenvalue weighted by atomic mass is 9.89. The van der Waals surface area contributed by atoms with Crippen LogP contribution in [-0.2, 0) is 20.9 Å². The molecule has 5 nitrogen and oxygen atoms in total. The molecule has 1 N–H and O–H groups in total. The van der Waals surface area contributed by atoms with Crippen molar-refractivity contribution in [3.63, 3.8) is 0 Å². The fourth-order valence-electron chi connectivity index (χ4n) is 4.11. The number of rotatable bonds is 5.